The summed E-state index contributed by atoms with van der Waals surface area (Å²) in [6, 6.07) is 0. The first kappa shape index (κ1) is 14.6. The van der Waals surface area contributed by atoms with Gasteiger partial charge in [-0.1, -0.05) is 45.1 Å². The van der Waals surface area contributed by atoms with Crippen LogP contribution in [0.1, 0.15) is 45.4 Å². The second-order valence-electron chi connectivity index (χ2n) is 3.72. The molecule has 0 rings (SSSR count). The minimum absolute atomic E-state index is 0.243. The zero-order valence-electron chi connectivity index (χ0n) is 9.67. The van der Waals surface area contributed by atoms with Gasteiger partial charge in [0, 0.05) is 6.54 Å². The Morgan fingerprint density at radius 3 is 2.33 bits per heavy atom. The highest BCUT2D eigenvalue weighted by atomic mass is 32.2. The molecule has 0 saturated heterocycles. The fourth-order valence-corrected chi connectivity index (χ4v) is 2.43. The van der Waals surface area contributed by atoms with Crippen molar-refractivity contribution in [2.24, 2.45) is 0 Å². The monoisotopic (exact) mass is 233 g/mol. The Morgan fingerprint density at radius 2 is 1.73 bits per heavy atom. The summed E-state index contributed by atoms with van der Waals surface area (Å²) in [5.41, 5.74) is 0. The van der Waals surface area contributed by atoms with Crippen molar-refractivity contribution in [2.45, 2.75) is 45.4 Å². The van der Waals surface area contributed by atoms with Gasteiger partial charge in [-0.05, 0) is 6.42 Å². The van der Waals surface area contributed by atoms with Gasteiger partial charge >= 0.3 is 0 Å². The van der Waals surface area contributed by atoms with E-state index in [-0.39, 0.29) is 5.75 Å². The highest BCUT2D eigenvalue weighted by molar-refractivity contribution is 7.89. The molecule has 0 aliphatic heterocycles. The van der Waals surface area contributed by atoms with Gasteiger partial charge in [-0.15, -0.1) is 6.58 Å². The van der Waals surface area contributed by atoms with E-state index in [0.29, 0.717) is 6.54 Å². The summed E-state index contributed by atoms with van der Waals surface area (Å²) in [4.78, 5) is 0. The SMILES string of the molecule is C=CCNS(=O)(=O)CCCCCCCC. The molecule has 15 heavy (non-hydrogen) atoms. The van der Waals surface area contributed by atoms with E-state index in [9.17, 15) is 8.42 Å². The standard InChI is InChI=1S/C11H23NO2S/c1-3-5-6-7-8-9-11-15(13,14)12-10-4-2/h4,12H,2-3,5-11H2,1H3. The molecule has 0 aromatic carbocycles. The van der Waals surface area contributed by atoms with Crippen LogP contribution in [0.3, 0.4) is 0 Å². The Kier molecular flexibility index (Phi) is 8.71. The first-order chi connectivity index (χ1) is 7.12. The third-order valence-corrected chi connectivity index (χ3v) is 3.65. The summed E-state index contributed by atoms with van der Waals surface area (Å²) in [5, 5.41) is 0. The molecule has 0 aromatic heterocycles. The number of nitrogens with one attached hydrogen (secondary N) is 1. The maximum Gasteiger partial charge on any atom is 0.211 e. The van der Waals surface area contributed by atoms with Crippen molar-refractivity contribution in [2.75, 3.05) is 12.3 Å². The van der Waals surface area contributed by atoms with Crippen molar-refractivity contribution < 1.29 is 8.42 Å². The van der Waals surface area contributed by atoms with Crippen molar-refractivity contribution in [3.05, 3.63) is 12.7 Å². The summed E-state index contributed by atoms with van der Waals surface area (Å²) in [7, 11) is -3.06. The molecule has 0 amide bonds. The second kappa shape index (κ2) is 8.92. The van der Waals surface area contributed by atoms with Gasteiger partial charge in [0.2, 0.25) is 10.0 Å². The third-order valence-electron chi connectivity index (χ3n) is 2.21. The van der Waals surface area contributed by atoms with E-state index >= 15 is 0 Å². The van der Waals surface area contributed by atoms with Crippen molar-refractivity contribution >= 4 is 10.0 Å². The van der Waals surface area contributed by atoms with Crippen LogP contribution in [0.5, 0.6) is 0 Å². The van der Waals surface area contributed by atoms with E-state index in [1.807, 2.05) is 0 Å². The molecule has 0 unspecified atom stereocenters. The molecule has 0 saturated carbocycles. The first-order valence-corrected chi connectivity index (χ1v) is 7.36. The summed E-state index contributed by atoms with van der Waals surface area (Å²) < 4.78 is 25.1. The average Bonchev–Trinajstić information content (AvgIpc) is 2.20. The highest BCUT2D eigenvalue weighted by Crippen LogP contribution is 2.05. The third kappa shape index (κ3) is 9.94. The van der Waals surface area contributed by atoms with E-state index in [0.717, 1.165) is 19.3 Å². The van der Waals surface area contributed by atoms with Gasteiger partial charge in [0.05, 0.1) is 5.75 Å². The lowest BCUT2D eigenvalue weighted by atomic mass is 10.1. The van der Waals surface area contributed by atoms with Crippen LogP contribution < -0.4 is 4.72 Å². The minimum atomic E-state index is -3.06. The molecule has 4 heteroatoms. The summed E-state index contributed by atoms with van der Waals surface area (Å²) in [5.74, 6) is 0.243. The molecule has 0 bridgehead atoms. The highest BCUT2D eigenvalue weighted by Gasteiger charge is 2.07. The summed E-state index contributed by atoms with van der Waals surface area (Å²) >= 11 is 0. The van der Waals surface area contributed by atoms with Crippen LogP contribution in [-0.4, -0.2) is 20.7 Å². The van der Waals surface area contributed by atoms with E-state index in [2.05, 4.69) is 18.2 Å². The van der Waals surface area contributed by atoms with Gasteiger partial charge in [0.25, 0.3) is 0 Å². The Bertz CT molecular complexity index is 247. The summed E-state index contributed by atoms with van der Waals surface area (Å²) in [6.07, 6.45) is 8.16. The topological polar surface area (TPSA) is 46.2 Å². The first-order valence-electron chi connectivity index (χ1n) is 5.70. The van der Waals surface area contributed by atoms with Crippen molar-refractivity contribution in [1.29, 1.82) is 0 Å². The molecule has 0 fully saturated rings. The molecule has 0 spiro atoms. The molecule has 0 aliphatic carbocycles. The molecule has 0 radical (unpaired) electrons. The lowest BCUT2D eigenvalue weighted by Crippen LogP contribution is -2.26. The zero-order valence-corrected chi connectivity index (χ0v) is 10.5. The molecule has 0 heterocycles. The normalized spacial score (nSPS) is 11.5. The van der Waals surface area contributed by atoms with E-state index in [1.54, 1.807) is 6.08 Å². The van der Waals surface area contributed by atoms with Crippen LogP contribution in [0.15, 0.2) is 12.7 Å². The smallest absolute Gasteiger partial charge is 0.211 e. The van der Waals surface area contributed by atoms with Crippen molar-refractivity contribution in [3.8, 4) is 0 Å². The van der Waals surface area contributed by atoms with Crippen LogP contribution in [0, 0.1) is 0 Å². The number of unbranched alkanes of at least 4 members (excludes halogenated alkanes) is 5. The predicted octanol–water partition coefficient (Wildman–Crippen LogP) is 2.45. The molecule has 0 aliphatic rings. The van der Waals surface area contributed by atoms with Crippen LogP contribution >= 0.6 is 0 Å². The Labute approximate surface area is 94.0 Å². The van der Waals surface area contributed by atoms with Gasteiger partial charge in [-0.2, -0.15) is 0 Å². The predicted molar refractivity (Wildman–Crippen MR) is 65.4 cm³/mol. The maximum atomic E-state index is 11.3. The van der Waals surface area contributed by atoms with Crippen LogP contribution in [0.4, 0.5) is 0 Å². The van der Waals surface area contributed by atoms with E-state index in [4.69, 9.17) is 0 Å². The zero-order chi connectivity index (χ0) is 11.6. The molecule has 1 N–H and O–H groups in total. The molecule has 3 nitrogen and oxygen atoms in total. The largest absolute Gasteiger partial charge is 0.212 e. The van der Waals surface area contributed by atoms with Crippen LogP contribution in [0.2, 0.25) is 0 Å². The van der Waals surface area contributed by atoms with Gasteiger partial charge < -0.3 is 0 Å². The fraction of sp³-hybridized carbons (Fsp3) is 0.818. The summed E-state index contributed by atoms with van der Waals surface area (Å²) in [6.45, 7) is 5.97. The van der Waals surface area contributed by atoms with E-state index in [1.165, 1.54) is 19.3 Å². The Morgan fingerprint density at radius 1 is 1.13 bits per heavy atom. The van der Waals surface area contributed by atoms with Gasteiger partial charge in [-0.3, -0.25) is 0 Å². The molecule has 0 atom stereocenters. The Balaban J connectivity index is 3.44. The van der Waals surface area contributed by atoms with Crippen molar-refractivity contribution in [1.82, 2.24) is 4.72 Å². The molecule has 0 aromatic rings. The lowest BCUT2D eigenvalue weighted by molar-refractivity contribution is 0.574. The van der Waals surface area contributed by atoms with Gasteiger partial charge in [-0.25, -0.2) is 13.1 Å². The van der Waals surface area contributed by atoms with Crippen molar-refractivity contribution in [3.63, 3.8) is 0 Å². The fourth-order valence-electron chi connectivity index (χ4n) is 1.33. The van der Waals surface area contributed by atoms with Crippen LogP contribution in [-0.2, 0) is 10.0 Å². The van der Waals surface area contributed by atoms with Crippen LogP contribution in [0.25, 0.3) is 0 Å². The molecular weight excluding hydrogens is 210 g/mol. The number of sulfonamides is 1. The quantitative estimate of drug-likeness (QED) is 0.465. The maximum absolute atomic E-state index is 11.3. The number of hydrogen-bond donors (Lipinski definition) is 1. The minimum Gasteiger partial charge on any atom is -0.212 e. The van der Waals surface area contributed by atoms with Gasteiger partial charge in [0.1, 0.15) is 0 Å². The number of rotatable bonds is 10. The molecular formula is C11H23NO2S. The lowest BCUT2D eigenvalue weighted by Gasteiger charge is -2.04. The average molecular weight is 233 g/mol. The van der Waals surface area contributed by atoms with E-state index < -0.39 is 10.0 Å². The van der Waals surface area contributed by atoms with Gasteiger partial charge in [0.15, 0.2) is 0 Å². The number of hydrogen-bond acceptors (Lipinski definition) is 2. The second-order valence-corrected chi connectivity index (χ2v) is 5.65. The Hall–Kier alpha value is -0.350. The molecule has 90 valence electrons.